The number of hydrogen-bond acceptors (Lipinski definition) is 3. The Morgan fingerprint density at radius 1 is 1.19 bits per heavy atom. The van der Waals surface area contributed by atoms with Gasteiger partial charge in [-0.05, 0) is 42.7 Å². The van der Waals surface area contributed by atoms with Crippen molar-refractivity contribution in [3.63, 3.8) is 0 Å². The number of nitro groups is 1. The maximum absolute atomic E-state index is 13.4. The first-order chi connectivity index (χ1) is 9.97. The summed E-state index contributed by atoms with van der Waals surface area (Å²) in [4.78, 5) is 10.3. The molecule has 0 aliphatic heterocycles. The molecule has 4 nitrogen and oxygen atoms in total. The van der Waals surface area contributed by atoms with Crippen molar-refractivity contribution in [3.05, 3.63) is 69.3 Å². The zero-order chi connectivity index (χ0) is 15.4. The minimum Gasteiger partial charge on any atom is -0.379 e. The van der Waals surface area contributed by atoms with Crippen LogP contribution in [-0.2, 0) is 6.42 Å². The summed E-state index contributed by atoms with van der Waals surface area (Å²) in [6.45, 7) is 1.97. The normalized spacial score (nSPS) is 10.4. The van der Waals surface area contributed by atoms with Crippen molar-refractivity contribution in [2.75, 3.05) is 11.9 Å². The molecule has 0 amide bonds. The van der Waals surface area contributed by atoms with Gasteiger partial charge in [0.2, 0.25) is 0 Å². The average Bonchev–Trinajstić information content (AvgIpc) is 2.44. The van der Waals surface area contributed by atoms with Crippen LogP contribution in [0.25, 0.3) is 0 Å². The van der Waals surface area contributed by atoms with Gasteiger partial charge in [-0.3, -0.25) is 10.1 Å². The van der Waals surface area contributed by atoms with Crippen molar-refractivity contribution in [2.24, 2.45) is 0 Å². The quantitative estimate of drug-likeness (QED) is 0.673. The topological polar surface area (TPSA) is 55.2 Å². The number of aryl methyl sites for hydroxylation is 1. The molecule has 2 rings (SSSR count). The van der Waals surface area contributed by atoms with Crippen LogP contribution in [0.4, 0.5) is 20.2 Å². The molecule has 0 saturated carbocycles. The van der Waals surface area contributed by atoms with E-state index < -0.39 is 10.7 Å². The van der Waals surface area contributed by atoms with Crippen molar-refractivity contribution in [1.82, 2.24) is 0 Å². The number of nitro benzene ring substituents is 1. The zero-order valence-corrected chi connectivity index (χ0v) is 11.4. The summed E-state index contributed by atoms with van der Waals surface area (Å²) in [6, 6.07) is 8.36. The van der Waals surface area contributed by atoms with Gasteiger partial charge in [0.25, 0.3) is 5.69 Å². The maximum Gasteiger partial charge on any atom is 0.295 e. The molecule has 110 valence electrons. The molecule has 1 N–H and O–H groups in total. The van der Waals surface area contributed by atoms with E-state index in [2.05, 4.69) is 5.32 Å². The molecule has 0 aliphatic rings. The number of rotatable bonds is 5. The van der Waals surface area contributed by atoms with Crippen molar-refractivity contribution in [1.29, 1.82) is 0 Å². The van der Waals surface area contributed by atoms with Crippen molar-refractivity contribution >= 4 is 11.4 Å². The standard InChI is InChI=1S/C15H14F2N2O2/c1-10-8-14(15(19(20)21)9-13(10)17)18-7-6-11-2-4-12(16)5-3-11/h2-5,8-9,18H,6-7H2,1H3. The zero-order valence-electron chi connectivity index (χ0n) is 11.4. The van der Waals surface area contributed by atoms with Crippen LogP contribution in [0, 0.1) is 28.7 Å². The first-order valence-electron chi connectivity index (χ1n) is 6.40. The molecular formula is C15H14F2N2O2. The number of anilines is 1. The molecule has 0 aliphatic carbocycles. The Hall–Kier alpha value is -2.50. The van der Waals surface area contributed by atoms with Crippen LogP contribution in [-0.4, -0.2) is 11.5 Å². The fourth-order valence-corrected chi connectivity index (χ4v) is 1.96. The highest BCUT2D eigenvalue weighted by Gasteiger charge is 2.16. The molecule has 6 heteroatoms. The Bertz CT molecular complexity index is 657. The molecule has 2 aromatic rings. The van der Waals surface area contributed by atoms with Crippen LogP contribution in [0.1, 0.15) is 11.1 Å². The lowest BCUT2D eigenvalue weighted by Gasteiger charge is -2.09. The number of nitrogens with zero attached hydrogens (tertiary/aromatic N) is 1. The molecule has 0 spiro atoms. The average molecular weight is 292 g/mol. The summed E-state index contributed by atoms with van der Waals surface area (Å²) >= 11 is 0. The Balaban J connectivity index is 2.07. The lowest BCUT2D eigenvalue weighted by molar-refractivity contribution is -0.384. The highest BCUT2D eigenvalue weighted by atomic mass is 19.1. The summed E-state index contributed by atoms with van der Waals surface area (Å²) < 4.78 is 26.1. The lowest BCUT2D eigenvalue weighted by Crippen LogP contribution is -2.07. The summed E-state index contributed by atoms with van der Waals surface area (Å²) in [6.07, 6.45) is 0.577. The fourth-order valence-electron chi connectivity index (χ4n) is 1.96. The molecule has 0 heterocycles. The number of halogens is 2. The predicted molar refractivity (Wildman–Crippen MR) is 76.4 cm³/mol. The van der Waals surface area contributed by atoms with Crippen molar-refractivity contribution in [3.8, 4) is 0 Å². The number of hydrogen-bond donors (Lipinski definition) is 1. The van der Waals surface area contributed by atoms with E-state index in [1.54, 1.807) is 19.1 Å². The van der Waals surface area contributed by atoms with Gasteiger partial charge in [0.15, 0.2) is 0 Å². The Labute approximate surface area is 120 Å². The largest absolute Gasteiger partial charge is 0.379 e. The van der Waals surface area contributed by atoms with Crippen LogP contribution in [0.15, 0.2) is 36.4 Å². The second kappa shape index (κ2) is 6.30. The monoisotopic (exact) mass is 292 g/mol. The van der Waals surface area contributed by atoms with E-state index in [0.29, 0.717) is 18.5 Å². The van der Waals surface area contributed by atoms with Gasteiger partial charge >= 0.3 is 0 Å². The van der Waals surface area contributed by atoms with Crippen molar-refractivity contribution < 1.29 is 13.7 Å². The van der Waals surface area contributed by atoms with Gasteiger partial charge in [-0.2, -0.15) is 0 Å². The molecule has 21 heavy (non-hydrogen) atoms. The third kappa shape index (κ3) is 3.75. The molecule has 0 bridgehead atoms. The SMILES string of the molecule is Cc1cc(NCCc2ccc(F)cc2)c([N+](=O)[O-])cc1F. The van der Waals surface area contributed by atoms with Gasteiger partial charge in [0.05, 0.1) is 11.0 Å². The third-order valence-electron chi connectivity index (χ3n) is 3.12. The highest BCUT2D eigenvalue weighted by molar-refractivity contribution is 5.63. The summed E-state index contributed by atoms with van der Waals surface area (Å²) in [5.74, 6) is -0.915. The number of benzene rings is 2. The Morgan fingerprint density at radius 2 is 1.86 bits per heavy atom. The third-order valence-corrected chi connectivity index (χ3v) is 3.12. The van der Waals surface area contributed by atoms with Crippen LogP contribution < -0.4 is 5.32 Å². The van der Waals surface area contributed by atoms with E-state index in [9.17, 15) is 18.9 Å². The van der Waals surface area contributed by atoms with Gasteiger partial charge in [-0.1, -0.05) is 12.1 Å². The Kier molecular flexibility index (Phi) is 4.47. The smallest absolute Gasteiger partial charge is 0.295 e. The van der Waals surface area contributed by atoms with Gasteiger partial charge in [0, 0.05) is 6.54 Å². The molecule has 0 fully saturated rings. The fraction of sp³-hybridized carbons (Fsp3) is 0.200. The first-order valence-corrected chi connectivity index (χ1v) is 6.40. The van der Waals surface area contributed by atoms with E-state index in [1.807, 2.05) is 0 Å². The maximum atomic E-state index is 13.4. The van der Waals surface area contributed by atoms with E-state index in [1.165, 1.54) is 18.2 Å². The van der Waals surface area contributed by atoms with E-state index in [0.717, 1.165) is 11.6 Å². The minimum atomic E-state index is -0.622. The molecule has 0 unspecified atom stereocenters. The first kappa shape index (κ1) is 14.9. The van der Waals surface area contributed by atoms with Gasteiger partial charge < -0.3 is 5.32 Å². The molecule has 0 aromatic heterocycles. The van der Waals surface area contributed by atoms with Crippen LogP contribution in [0.3, 0.4) is 0 Å². The minimum absolute atomic E-state index is 0.279. The molecule has 0 radical (unpaired) electrons. The number of nitrogens with one attached hydrogen (secondary N) is 1. The van der Waals surface area contributed by atoms with E-state index in [4.69, 9.17) is 0 Å². The second-order valence-corrected chi connectivity index (χ2v) is 4.68. The van der Waals surface area contributed by atoms with Crippen LogP contribution in [0.5, 0.6) is 0 Å². The molecule has 2 aromatic carbocycles. The molecule has 0 saturated heterocycles. The molecule has 0 atom stereocenters. The lowest BCUT2D eigenvalue weighted by atomic mass is 10.1. The van der Waals surface area contributed by atoms with Crippen LogP contribution >= 0.6 is 0 Å². The van der Waals surface area contributed by atoms with Gasteiger partial charge in [-0.15, -0.1) is 0 Å². The Morgan fingerprint density at radius 3 is 2.48 bits per heavy atom. The summed E-state index contributed by atoms with van der Waals surface area (Å²) in [7, 11) is 0. The van der Waals surface area contributed by atoms with Gasteiger partial charge in [-0.25, -0.2) is 8.78 Å². The van der Waals surface area contributed by atoms with E-state index in [-0.39, 0.29) is 17.2 Å². The highest BCUT2D eigenvalue weighted by Crippen LogP contribution is 2.27. The summed E-state index contributed by atoms with van der Waals surface area (Å²) in [5, 5.41) is 13.8. The molecular weight excluding hydrogens is 278 g/mol. The van der Waals surface area contributed by atoms with Gasteiger partial charge in [0.1, 0.15) is 17.3 Å². The van der Waals surface area contributed by atoms with E-state index >= 15 is 0 Å². The predicted octanol–water partition coefficient (Wildman–Crippen LogP) is 3.84. The summed E-state index contributed by atoms with van der Waals surface area (Å²) in [5.41, 5.74) is 1.23. The van der Waals surface area contributed by atoms with Crippen molar-refractivity contribution in [2.45, 2.75) is 13.3 Å². The second-order valence-electron chi connectivity index (χ2n) is 4.68. The van der Waals surface area contributed by atoms with Crippen LogP contribution in [0.2, 0.25) is 0 Å².